The third kappa shape index (κ3) is 4.10. The zero-order valence-electron chi connectivity index (χ0n) is 12.2. The maximum Gasteiger partial charge on any atom is 0.313 e. The van der Waals surface area contributed by atoms with E-state index in [-0.39, 0.29) is 11.8 Å². The topological polar surface area (TPSA) is 58.4 Å². The summed E-state index contributed by atoms with van der Waals surface area (Å²) in [5, 5.41) is 9.67. The van der Waals surface area contributed by atoms with Crippen molar-refractivity contribution in [3.63, 3.8) is 0 Å². The first-order valence-corrected chi connectivity index (χ1v) is 8.61. The molecule has 0 saturated heterocycles. The number of hydrogen-bond donors (Lipinski definition) is 1. The second-order valence-electron chi connectivity index (χ2n) is 5.19. The van der Waals surface area contributed by atoms with Crippen LogP contribution in [0.3, 0.4) is 0 Å². The molecule has 0 radical (unpaired) electrons. The molecular weight excluding hydrogens is 401 g/mol. The van der Waals surface area contributed by atoms with Gasteiger partial charge in [-0.05, 0) is 61.8 Å². The van der Waals surface area contributed by atoms with Crippen LogP contribution in [0.2, 0.25) is 0 Å². The van der Waals surface area contributed by atoms with Gasteiger partial charge in [0.25, 0.3) is 0 Å². The summed E-state index contributed by atoms with van der Waals surface area (Å²) in [4.78, 5) is 17.6. The number of imidazole rings is 1. The van der Waals surface area contributed by atoms with Gasteiger partial charge in [-0.15, -0.1) is 0 Å². The largest absolute Gasteiger partial charge is 0.481 e. The van der Waals surface area contributed by atoms with Gasteiger partial charge in [0, 0.05) is 16.2 Å². The number of aromatic nitrogens is 2. The van der Waals surface area contributed by atoms with Gasteiger partial charge in [0.1, 0.15) is 0 Å². The van der Waals surface area contributed by atoms with Gasteiger partial charge < -0.3 is 14.6 Å². The van der Waals surface area contributed by atoms with Crippen LogP contribution in [-0.2, 0) is 4.79 Å². The number of benzene rings is 1. The first-order chi connectivity index (χ1) is 9.88. The molecule has 7 heteroatoms. The summed E-state index contributed by atoms with van der Waals surface area (Å²) in [6.45, 7) is 3.00. The Labute approximate surface area is 141 Å². The monoisotopic (exact) mass is 419 g/mol. The van der Waals surface area contributed by atoms with Gasteiger partial charge in [-0.1, -0.05) is 11.8 Å². The first kappa shape index (κ1) is 16.6. The van der Waals surface area contributed by atoms with E-state index in [1.165, 1.54) is 11.8 Å². The molecule has 0 aliphatic carbocycles. The quantitative estimate of drug-likeness (QED) is 0.577. The number of hydrogen-bond acceptors (Lipinski definition) is 4. The Kier molecular flexibility index (Phi) is 5.50. The zero-order chi connectivity index (χ0) is 15.6. The van der Waals surface area contributed by atoms with Crippen LogP contribution in [0, 0.1) is 3.57 Å². The highest BCUT2D eigenvalue weighted by molar-refractivity contribution is 14.1. The molecule has 1 aromatic heterocycles. The molecule has 114 valence electrons. The molecule has 0 fully saturated rings. The minimum Gasteiger partial charge on any atom is -0.481 e. The number of fused-ring (bicyclic) bond motifs is 1. The third-order valence-electron chi connectivity index (χ3n) is 3.01. The van der Waals surface area contributed by atoms with Gasteiger partial charge in [-0.3, -0.25) is 4.79 Å². The van der Waals surface area contributed by atoms with Crippen molar-refractivity contribution in [3.8, 4) is 0 Å². The van der Waals surface area contributed by atoms with E-state index in [0.717, 1.165) is 26.3 Å². The molecule has 0 amide bonds. The van der Waals surface area contributed by atoms with E-state index in [1.807, 2.05) is 20.2 Å². The van der Waals surface area contributed by atoms with Crippen molar-refractivity contribution < 1.29 is 9.90 Å². The molecule has 1 unspecified atom stereocenters. The van der Waals surface area contributed by atoms with Gasteiger partial charge in [0.2, 0.25) is 0 Å². The Morgan fingerprint density at radius 3 is 2.86 bits per heavy atom. The molecule has 5 nitrogen and oxygen atoms in total. The van der Waals surface area contributed by atoms with Crippen LogP contribution < -0.4 is 0 Å². The fourth-order valence-corrected chi connectivity index (χ4v) is 3.62. The summed E-state index contributed by atoms with van der Waals surface area (Å²) in [6.07, 6.45) is 0. The first-order valence-electron chi connectivity index (χ1n) is 6.55. The van der Waals surface area contributed by atoms with Crippen molar-refractivity contribution >= 4 is 51.4 Å². The van der Waals surface area contributed by atoms with Gasteiger partial charge >= 0.3 is 5.97 Å². The summed E-state index contributed by atoms with van der Waals surface area (Å²) in [5.74, 6) is -0.803. The Balaban J connectivity index is 2.46. The highest BCUT2D eigenvalue weighted by Crippen LogP contribution is 2.29. The number of thioether (sulfide) groups is 1. The normalized spacial score (nSPS) is 13.0. The maximum absolute atomic E-state index is 10.8. The van der Waals surface area contributed by atoms with Crippen LogP contribution in [0.25, 0.3) is 11.0 Å². The van der Waals surface area contributed by atoms with Crippen molar-refractivity contribution in [2.45, 2.75) is 18.1 Å². The molecule has 2 aromatic rings. The molecule has 1 aromatic carbocycles. The minimum atomic E-state index is -0.826. The Morgan fingerprint density at radius 2 is 2.24 bits per heavy atom. The van der Waals surface area contributed by atoms with E-state index in [4.69, 9.17) is 5.11 Å². The molecule has 21 heavy (non-hydrogen) atoms. The van der Waals surface area contributed by atoms with Crippen molar-refractivity contribution in [1.82, 2.24) is 14.5 Å². The second kappa shape index (κ2) is 6.97. The summed E-state index contributed by atoms with van der Waals surface area (Å²) >= 11 is 3.53. The van der Waals surface area contributed by atoms with E-state index < -0.39 is 5.97 Å². The van der Waals surface area contributed by atoms with Gasteiger partial charge in [0.15, 0.2) is 5.16 Å². The standard InChI is InChI=1S/C14H18IN3O2S/c1-9(7-17(2)3)18-12-5-4-10(15)6-11(12)16-14(18)21-8-13(19)20/h4-6,9H,7-8H2,1-3H3,(H,19,20). The molecule has 1 heterocycles. The fourth-order valence-electron chi connectivity index (χ4n) is 2.31. The van der Waals surface area contributed by atoms with Crippen LogP contribution in [0.1, 0.15) is 13.0 Å². The van der Waals surface area contributed by atoms with E-state index in [1.54, 1.807) is 0 Å². The van der Waals surface area contributed by atoms with Gasteiger partial charge in [0.05, 0.1) is 16.8 Å². The molecule has 1 atom stereocenters. The van der Waals surface area contributed by atoms with Gasteiger partial charge in [-0.2, -0.15) is 0 Å². The summed E-state index contributed by atoms with van der Waals surface area (Å²) in [7, 11) is 4.06. The zero-order valence-corrected chi connectivity index (χ0v) is 15.2. The van der Waals surface area contributed by atoms with E-state index in [9.17, 15) is 4.79 Å². The van der Waals surface area contributed by atoms with Crippen molar-refractivity contribution in [3.05, 3.63) is 21.8 Å². The minimum absolute atomic E-state index is 0.0229. The lowest BCUT2D eigenvalue weighted by atomic mass is 10.2. The third-order valence-corrected chi connectivity index (χ3v) is 4.62. The molecular formula is C14H18IN3O2S. The SMILES string of the molecule is CC(CN(C)C)n1c(SCC(=O)O)nc2cc(I)ccc21. The van der Waals surface area contributed by atoms with E-state index in [0.29, 0.717) is 0 Å². The average molecular weight is 419 g/mol. The summed E-state index contributed by atoms with van der Waals surface area (Å²) in [6, 6.07) is 6.36. The number of carboxylic acid groups (broad SMARTS) is 1. The van der Waals surface area contributed by atoms with E-state index >= 15 is 0 Å². The molecule has 2 rings (SSSR count). The van der Waals surface area contributed by atoms with Crippen LogP contribution in [0.5, 0.6) is 0 Å². The number of aliphatic carboxylic acids is 1. The lowest BCUT2D eigenvalue weighted by molar-refractivity contribution is -0.133. The molecule has 0 saturated carbocycles. The highest BCUT2D eigenvalue weighted by Gasteiger charge is 2.18. The van der Waals surface area contributed by atoms with Crippen molar-refractivity contribution in [2.75, 3.05) is 26.4 Å². The van der Waals surface area contributed by atoms with Gasteiger partial charge in [-0.25, -0.2) is 4.98 Å². The second-order valence-corrected chi connectivity index (χ2v) is 7.38. The van der Waals surface area contributed by atoms with E-state index in [2.05, 4.69) is 56.1 Å². The predicted octanol–water partition coefficient (Wildman–Crippen LogP) is 2.94. The number of nitrogens with zero attached hydrogens (tertiary/aromatic N) is 3. The Morgan fingerprint density at radius 1 is 1.52 bits per heavy atom. The van der Waals surface area contributed by atoms with Crippen LogP contribution >= 0.6 is 34.4 Å². The fraction of sp³-hybridized carbons (Fsp3) is 0.429. The van der Waals surface area contributed by atoms with Crippen molar-refractivity contribution in [2.24, 2.45) is 0 Å². The number of halogens is 1. The number of rotatable bonds is 6. The lowest BCUT2D eigenvalue weighted by Gasteiger charge is -2.21. The summed E-state index contributed by atoms with van der Waals surface area (Å²) in [5.41, 5.74) is 1.97. The number of carbonyl (C=O) groups is 1. The van der Waals surface area contributed by atoms with Crippen molar-refractivity contribution in [1.29, 1.82) is 0 Å². The average Bonchev–Trinajstić information content (AvgIpc) is 2.72. The molecule has 1 N–H and O–H groups in total. The Hall–Kier alpha value is -0.800. The maximum atomic E-state index is 10.8. The predicted molar refractivity (Wildman–Crippen MR) is 94.1 cm³/mol. The summed E-state index contributed by atoms with van der Waals surface area (Å²) < 4.78 is 3.26. The van der Waals surface area contributed by atoms with Crippen LogP contribution in [0.15, 0.2) is 23.4 Å². The number of carboxylic acids is 1. The molecule has 0 bridgehead atoms. The lowest BCUT2D eigenvalue weighted by Crippen LogP contribution is -2.23. The van der Waals surface area contributed by atoms with Crippen LogP contribution in [0.4, 0.5) is 0 Å². The van der Waals surface area contributed by atoms with Crippen LogP contribution in [-0.4, -0.2) is 51.9 Å². The highest BCUT2D eigenvalue weighted by atomic mass is 127. The smallest absolute Gasteiger partial charge is 0.313 e. The molecule has 0 aliphatic rings. The molecule has 0 spiro atoms. The molecule has 0 aliphatic heterocycles. The number of likely N-dealkylation sites (N-methyl/N-ethyl adjacent to an activating group) is 1. The Bertz CT molecular complexity index is 657.